The van der Waals surface area contributed by atoms with E-state index >= 15 is 0 Å². The normalized spacial score (nSPS) is 19.4. The number of hydrogen-bond donors (Lipinski definition) is 1. The first-order valence-corrected chi connectivity index (χ1v) is 7.90. The lowest BCUT2D eigenvalue weighted by molar-refractivity contribution is -0.0383. The van der Waals surface area contributed by atoms with Crippen molar-refractivity contribution in [1.29, 1.82) is 5.26 Å². The molecule has 5 heteroatoms. The van der Waals surface area contributed by atoms with Crippen molar-refractivity contribution in [2.75, 3.05) is 26.8 Å². The summed E-state index contributed by atoms with van der Waals surface area (Å²) in [4.78, 5) is 2.09. The van der Waals surface area contributed by atoms with Crippen molar-refractivity contribution in [1.82, 2.24) is 4.90 Å². The third-order valence-corrected chi connectivity index (χ3v) is 4.28. The van der Waals surface area contributed by atoms with Crippen molar-refractivity contribution in [2.24, 2.45) is 0 Å². The molecule has 5 nitrogen and oxygen atoms in total. The van der Waals surface area contributed by atoms with Crippen LogP contribution in [0.5, 0.6) is 11.5 Å². The lowest BCUT2D eigenvalue weighted by Crippen LogP contribution is -2.40. The molecule has 0 aliphatic carbocycles. The maximum atomic E-state index is 9.99. The summed E-state index contributed by atoms with van der Waals surface area (Å²) in [5.41, 5.74) is 1.86. The highest BCUT2D eigenvalue weighted by Gasteiger charge is 2.28. The average molecular weight is 324 g/mol. The minimum atomic E-state index is -0.433. The molecule has 1 saturated heterocycles. The summed E-state index contributed by atoms with van der Waals surface area (Å²) in [6.07, 6.45) is -0.0531. The Kier molecular flexibility index (Phi) is 4.99. The topological polar surface area (TPSA) is 65.7 Å². The lowest BCUT2D eigenvalue weighted by Gasteiger charge is -2.36. The zero-order valence-corrected chi connectivity index (χ0v) is 13.6. The number of nitrogens with zero attached hydrogens (tertiary/aromatic N) is 2. The standard InChI is InChI=1S/C19H20N2O3/c1-23-18-8-7-15(11-17(18)22)16(12-20)21-9-10-24-19(13-21)14-5-3-2-4-6-14/h2-8,11,16,19,22H,9-10,13H2,1H3/t16-,19-/m1/s1. The summed E-state index contributed by atoms with van der Waals surface area (Å²) >= 11 is 0. The second-order valence-corrected chi connectivity index (χ2v) is 5.73. The average Bonchev–Trinajstić information content (AvgIpc) is 2.63. The van der Waals surface area contributed by atoms with E-state index in [2.05, 4.69) is 11.0 Å². The Morgan fingerprint density at radius 3 is 2.75 bits per heavy atom. The Hall–Kier alpha value is -2.55. The SMILES string of the molecule is COc1ccc([C@@H](C#N)N2CCO[C@@H](c3ccccc3)C2)cc1O. The first-order valence-electron chi connectivity index (χ1n) is 7.90. The maximum absolute atomic E-state index is 9.99. The molecule has 0 saturated carbocycles. The summed E-state index contributed by atoms with van der Waals surface area (Å²) in [5.74, 6) is 0.447. The quantitative estimate of drug-likeness (QED) is 0.936. The predicted molar refractivity (Wildman–Crippen MR) is 89.7 cm³/mol. The summed E-state index contributed by atoms with van der Waals surface area (Å²) in [6.45, 7) is 1.88. The third-order valence-electron chi connectivity index (χ3n) is 4.28. The Morgan fingerprint density at radius 2 is 2.08 bits per heavy atom. The van der Waals surface area contributed by atoms with Crippen LogP contribution in [0.1, 0.15) is 23.3 Å². The molecule has 0 unspecified atom stereocenters. The molecule has 1 fully saturated rings. The van der Waals surface area contributed by atoms with Crippen molar-refractivity contribution in [3.63, 3.8) is 0 Å². The second-order valence-electron chi connectivity index (χ2n) is 5.73. The summed E-state index contributed by atoms with van der Waals surface area (Å²) < 4.78 is 10.9. The predicted octanol–water partition coefficient (Wildman–Crippen LogP) is 3.04. The van der Waals surface area contributed by atoms with Crippen LogP contribution in [0.25, 0.3) is 0 Å². The summed E-state index contributed by atoms with van der Waals surface area (Å²) in [6, 6.07) is 17.0. The molecule has 2 aromatic carbocycles. The van der Waals surface area contributed by atoms with E-state index in [1.807, 2.05) is 36.4 Å². The summed E-state index contributed by atoms with van der Waals surface area (Å²) in [7, 11) is 1.50. The molecule has 1 aliphatic rings. The molecule has 2 atom stereocenters. The molecular formula is C19H20N2O3. The fourth-order valence-corrected chi connectivity index (χ4v) is 3.02. The van der Waals surface area contributed by atoms with Crippen molar-refractivity contribution in [3.05, 3.63) is 59.7 Å². The molecule has 0 bridgehead atoms. The van der Waals surface area contributed by atoms with Gasteiger partial charge >= 0.3 is 0 Å². The molecule has 1 N–H and O–H groups in total. The molecule has 124 valence electrons. The highest BCUT2D eigenvalue weighted by atomic mass is 16.5. The fraction of sp³-hybridized carbons (Fsp3) is 0.316. The van der Waals surface area contributed by atoms with E-state index in [4.69, 9.17) is 9.47 Å². The van der Waals surface area contributed by atoms with Crippen LogP contribution < -0.4 is 4.74 Å². The number of rotatable bonds is 4. The third kappa shape index (κ3) is 3.35. The molecule has 3 rings (SSSR count). The van der Waals surface area contributed by atoms with Gasteiger partial charge in [0, 0.05) is 13.1 Å². The van der Waals surface area contributed by atoms with Crippen molar-refractivity contribution >= 4 is 0 Å². The Morgan fingerprint density at radius 1 is 1.29 bits per heavy atom. The Labute approximate surface area is 141 Å². The van der Waals surface area contributed by atoms with E-state index < -0.39 is 6.04 Å². The van der Waals surface area contributed by atoms with Gasteiger partial charge in [-0.05, 0) is 23.3 Å². The van der Waals surface area contributed by atoms with Crippen LogP contribution in [0.15, 0.2) is 48.5 Å². The van der Waals surface area contributed by atoms with Gasteiger partial charge < -0.3 is 14.6 Å². The number of ether oxygens (including phenoxy) is 2. The number of methoxy groups -OCH3 is 1. The van der Waals surface area contributed by atoms with Gasteiger partial charge in [0.15, 0.2) is 11.5 Å². The van der Waals surface area contributed by atoms with E-state index in [9.17, 15) is 10.4 Å². The highest BCUT2D eigenvalue weighted by molar-refractivity contribution is 5.43. The molecular weight excluding hydrogens is 304 g/mol. The number of phenols is 1. The fourth-order valence-electron chi connectivity index (χ4n) is 3.02. The molecule has 0 radical (unpaired) electrons. The van der Waals surface area contributed by atoms with Crippen LogP contribution in [-0.2, 0) is 4.74 Å². The van der Waals surface area contributed by atoms with Gasteiger partial charge in [0.25, 0.3) is 0 Å². The van der Waals surface area contributed by atoms with Gasteiger partial charge in [-0.3, -0.25) is 4.90 Å². The smallest absolute Gasteiger partial charge is 0.160 e. The highest BCUT2D eigenvalue weighted by Crippen LogP contribution is 2.33. The van der Waals surface area contributed by atoms with Crippen molar-refractivity contribution in [2.45, 2.75) is 12.1 Å². The van der Waals surface area contributed by atoms with Gasteiger partial charge in [-0.2, -0.15) is 5.26 Å². The molecule has 2 aromatic rings. The van der Waals surface area contributed by atoms with E-state index in [-0.39, 0.29) is 11.9 Å². The van der Waals surface area contributed by atoms with Crippen LogP contribution in [-0.4, -0.2) is 36.8 Å². The van der Waals surface area contributed by atoms with Crippen LogP contribution in [0, 0.1) is 11.3 Å². The van der Waals surface area contributed by atoms with Gasteiger partial charge in [-0.25, -0.2) is 0 Å². The van der Waals surface area contributed by atoms with Crippen LogP contribution in [0.3, 0.4) is 0 Å². The maximum Gasteiger partial charge on any atom is 0.160 e. The molecule has 0 aromatic heterocycles. The van der Waals surface area contributed by atoms with Crippen molar-refractivity contribution < 1.29 is 14.6 Å². The number of aromatic hydroxyl groups is 1. The van der Waals surface area contributed by atoms with E-state index in [1.165, 1.54) is 7.11 Å². The number of hydrogen-bond acceptors (Lipinski definition) is 5. The number of phenolic OH excluding ortho intramolecular Hbond substituents is 1. The van der Waals surface area contributed by atoms with Gasteiger partial charge in [0.2, 0.25) is 0 Å². The number of morpholine rings is 1. The zero-order valence-electron chi connectivity index (χ0n) is 13.6. The molecule has 0 amide bonds. The second kappa shape index (κ2) is 7.35. The Balaban J connectivity index is 1.80. The van der Waals surface area contributed by atoms with Crippen LogP contribution >= 0.6 is 0 Å². The molecule has 1 aliphatic heterocycles. The van der Waals surface area contributed by atoms with Gasteiger partial charge in [-0.1, -0.05) is 36.4 Å². The van der Waals surface area contributed by atoms with E-state index in [0.717, 1.165) is 11.1 Å². The monoisotopic (exact) mass is 324 g/mol. The molecule has 0 spiro atoms. The number of nitriles is 1. The van der Waals surface area contributed by atoms with Gasteiger partial charge in [0.1, 0.15) is 6.04 Å². The summed E-state index contributed by atoms with van der Waals surface area (Å²) in [5, 5.41) is 19.6. The largest absolute Gasteiger partial charge is 0.504 e. The number of benzene rings is 2. The van der Waals surface area contributed by atoms with Gasteiger partial charge in [0.05, 0.1) is 25.9 Å². The van der Waals surface area contributed by atoms with Crippen molar-refractivity contribution in [3.8, 4) is 17.6 Å². The minimum Gasteiger partial charge on any atom is -0.504 e. The minimum absolute atomic E-state index is 0.0446. The van der Waals surface area contributed by atoms with E-state index in [0.29, 0.717) is 25.4 Å². The zero-order chi connectivity index (χ0) is 16.9. The van der Waals surface area contributed by atoms with Crippen LogP contribution in [0.4, 0.5) is 0 Å². The van der Waals surface area contributed by atoms with Crippen LogP contribution in [0.2, 0.25) is 0 Å². The first kappa shape index (κ1) is 16.3. The molecule has 24 heavy (non-hydrogen) atoms. The van der Waals surface area contributed by atoms with Gasteiger partial charge in [-0.15, -0.1) is 0 Å². The molecule has 1 heterocycles. The lowest BCUT2D eigenvalue weighted by atomic mass is 10.0. The first-order chi connectivity index (χ1) is 11.7. The van der Waals surface area contributed by atoms with E-state index in [1.54, 1.807) is 12.1 Å². The Bertz CT molecular complexity index is 727.